The Morgan fingerprint density at radius 1 is 1.24 bits per heavy atom. The predicted molar refractivity (Wildman–Crippen MR) is 81.9 cm³/mol. The molecule has 2 aromatic rings. The van der Waals surface area contributed by atoms with Crippen LogP contribution in [0.4, 0.5) is 4.39 Å². The number of hydrogen-bond acceptors (Lipinski definition) is 3. The summed E-state index contributed by atoms with van der Waals surface area (Å²) in [5.74, 6) is -0.342. The summed E-state index contributed by atoms with van der Waals surface area (Å²) in [5, 5.41) is 0.332. The number of carbonyl (C=O) groups excluding carboxylic acids is 1. The van der Waals surface area contributed by atoms with Gasteiger partial charge in [0.15, 0.2) is 24.0 Å². The van der Waals surface area contributed by atoms with Crippen molar-refractivity contribution in [2.45, 2.75) is 0 Å². The highest BCUT2D eigenvalue weighted by Crippen LogP contribution is 2.25. The standard InChI is InChI=1S/C15H11BrClFO3/c1-20-14-4-2-9(6-11(14)17)13(19)8-21-15-5-3-10(16)7-12(15)18/h2-7H,8H2,1H3. The predicted octanol–water partition coefficient (Wildman–Crippen LogP) is 4.51. The second-order valence-corrected chi connectivity index (χ2v) is 5.46. The van der Waals surface area contributed by atoms with E-state index in [0.29, 0.717) is 20.8 Å². The largest absolute Gasteiger partial charge is 0.495 e. The van der Waals surface area contributed by atoms with Gasteiger partial charge in [0.25, 0.3) is 0 Å². The monoisotopic (exact) mass is 372 g/mol. The Balaban J connectivity index is 2.06. The number of methoxy groups -OCH3 is 1. The molecule has 2 rings (SSSR count). The van der Waals surface area contributed by atoms with Gasteiger partial charge < -0.3 is 9.47 Å². The molecule has 0 aliphatic carbocycles. The molecule has 0 radical (unpaired) electrons. The minimum Gasteiger partial charge on any atom is -0.495 e. The minimum absolute atomic E-state index is 0.0196. The molecule has 21 heavy (non-hydrogen) atoms. The highest BCUT2D eigenvalue weighted by atomic mass is 79.9. The third-order valence-corrected chi connectivity index (χ3v) is 3.52. The lowest BCUT2D eigenvalue weighted by Crippen LogP contribution is -2.12. The highest BCUT2D eigenvalue weighted by molar-refractivity contribution is 9.10. The molecule has 0 atom stereocenters. The molecule has 0 bridgehead atoms. The van der Waals surface area contributed by atoms with E-state index in [0.717, 1.165) is 0 Å². The molecule has 0 N–H and O–H groups in total. The minimum atomic E-state index is -0.537. The Hall–Kier alpha value is -1.59. The number of carbonyl (C=O) groups is 1. The van der Waals surface area contributed by atoms with Gasteiger partial charge >= 0.3 is 0 Å². The Morgan fingerprint density at radius 3 is 2.57 bits per heavy atom. The molecule has 6 heteroatoms. The van der Waals surface area contributed by atoms with Gasteiger partial charge in [-0.05, 0) is 36.4 Å². The van der Waals surface area contributed by atoms with Gasteiger partial charge in [0.2, 0.25) is 0 Å². The lowest BCUT2D eigenvalue weighted by molar-refractivity contribution is 0.0918. The molecule has 0 aromatic heterocycles. The van der Waals surface area contributed by atoms with Crippen molar-refractivity contribution < 1.29 is 18.7 Å². The van der Waals surface area contributed by atoms with E-state index in [2.05, 4.69) is 15.9 Å². The van der Waals surface area contributed by atoms with Crippen LogP contribution in [0.2, 0.25) is 5.02 Å². The summed E-state index contributed by atoms with van der Waals surface area (Å²) < 4.78 is 24.4. The van der Waals surface area contributed by atoms with E-state index in [1.54, 1.807) is 18.2 Å². The molecular weight excluding hydrogens is 363 g/mol. The van der Waals surface area contributed by atoms with Crippen molar-refractivity contribution in [1.82, 2.24) is 0 Å². The zero-order valence-electron chi connectivity index (χ0n) is 11.0. The van der Waals surface area contributed by atoms with Gasteiger partial charge in [-0.25, -0.2) is 4.39 Å². The van der Waals surface area contributed by atoms with Crippen LogP contribution in [0.5, 0.6) is 11.5 Å². The van der Waals surface area contributed by atoms with E-state index >= 15 is 0 Å². The first-order valence-corrected chi connectivity index (χ1v) is 7.13. The van der Waals surface area contributed by atoms with Gasteiger partial charge in [-0.2, -0.15) is 0 Å². The van der Waals surface area contributed by atoms with Crippen molar-refractivity contribution in [3.63, 3.8) is 0 Å². The number of Topliss-reactive ketones (excluding diaryl/α,β-unsaturated/α-hetero) is 1. The summed E-state index contributed by atoms with van der Waals surface area (Å²) in [6.07, 6.45) is 0. The smallest absolute Gasteiger partial charge is 0.200 e. The molecule has 0 amide bonds. The van der Waals surface area contributed by atoms with Crippen LogP contribution in [0, 0.1) is 5.82 Å². The topological polar surface area (TPSA) is 35.5 Å². The zero-order chi connectivity index (χ0) is 15.4. The van der Waals surface area contributed by atoms with Crippen LogP contribution >= 0.6 is 27.5 Å². The molecule has 0 spiro atoms. The normalized spacial score (nSPS) is 10.3. The van der Waals surface area contributed by atoms with Crippen molar-refractivity contribution in [3.05, 3.63) is 57.3 Å². The van der Waals surface area contributed by atoms with Crippen LogP contribution in [0.1, 0.15) is 10.4 Å². The van der Waals surface area contributed by atoms with E-state index in [4.69, 9.17) is 21.1 Å². The van der Waals surface area contributed by atoms with Gasteiger partial charge in [-0.15, -0.1) is 0 Å². The second-order valence-electron chi connectivity index (χ2n) is 4.14. The lowest BCUT2D eigenvalue weighted by Gasteiger charge is -2.08. The highest BCUT2D eigenvalue weighted by Gasteiger charge is 2.11. The molecule has 110 valence electrons. The maximum atomic E-state index is 13.6. The summed E-state index contributed by atoms with van der Waals surface area (Å²) in [7, 11) is 1.49. The van der Waals surface area contributed by atoms with Crippen LogP contribution in [0.3, 0.4) is 0 Å². The van der Waals surface area contributed by atoms with Crippen LogP contribution < -0.4 is 9.47 Å². The van der Waals surface area contributed by atoms with E-state index < -0.39 is 5.82 Å². The number of benzene rings is 2. The van der Waals surface area contributed by atoms with Crippen LogP contribution in [-0.2, 0) is 0 Å². The summed E-state index contributed by atoms with van der Waals surface area (Å²) in [4.78, 5) is 12.0. The Labute approximate surface area is 134 Å². The van der Waals surface area contributed by atoms with Crippen LogP contribution in [0.25, 0.3) is 0 Å². The summed E-state index contributed by atoms with van der Waals surface area (Å²) >= 11 is 9.10. The molecule has 3 nitrogen and oxygen atoms in total. The fraction of sp³-hybridized carbons (Fsp3) is 0.133. The first-order chi connectivity index (χ1) is 10.0. The summed E-state index contributed by atoms with van der Waals surface area (Å²) in [6, 6.07) is 9.01. The van der Waals surface area contributed by atoms with E-state index in [1.807, 2.05) is 0 Å². The van der Waals surface area contributed by atoms with Gasteiger partial charge in [0.05, 0.1) is 12.1 Å². The van der Waals surface area contributed by atoms with Crippen molar-refractivity contribution in [2.24, 2.45) is 0 Å². The van der Waals surface area contributed by atoms with E-state index in [-0.39, 0.29) is 18.1 Å². The maximum absolute atomic E-state index is 13.6. The molecule has 0 fully saturated rings. The van der Waals surface area contributed by atoms with Crippen molar-refractivity contribution >= 4 is 33.3 Å². The van der Waals surface area contributed by atoms with Gasteiger partial charge in [0, 0.05) is 10.0 Å². The lowest BCUT2D eigenvalue weighted by atomic mass is 10.1. The molecule has 0 saturated carbocycles. The molecule has 0 heterocycles. The molecule has 0 aliphatic rings. The third kappa shape index (κ3) is 3.95. The zero-order valence-corrected chi connectivity index (χ0v) is 13.4. The number of rotatable bonds is 5. The molecular formula is C15H11BrClFO3. The fourth-order valence-electron chi connectivity index (χ4n) is 1.66. The van der Waals surface area contributed by atoms with Crippen molar-refractivity contribution in [1.29, 1.82) is 0 Å². The quantitative estimate of drug-likeness (QED) is 0.723. The first kappa shape index (κ1) is 15.8. The number of halogens is 3. The van der Waals surface area contributed by atoms with Crippen molar-refractivity contribution in [3.8, 4) is 11.5 Å². The summed E-state index contributed by atoms with van der Waals surface area (Å²) in [6.45, 7) is -0.277. The Bertz CT molecular complexity index is 676. The third-order valence-electron chi connectivity index (χ3n) is 2.73. The SMILES string of the molecule is COc1ccc(C(=O)COc2ccc(Br)cc2F)cc1Cl. The number of hydrogen-bond donors (Lipinski definition) is 0. The van der Waals surface area contributed by atoms with E-state index in [9.17, 15) is 9.18 Å². The molecule has 0 saturated heterocycles. The second kappa shape index (κ2) is 6.91. The first-order valence-electron chi connectivity index (χ1n) is 5.96. The van der Waals surface area contributed by atoms with Gasteiger partial charge in [-0.3, -0.25) is 4.79 Å². The fourth-order valence-corrected chi connectivity index (χ4v) is 2.25. The summed E-state index contributed by atoms with van der Waals surface area (Å²) in [5.41, 5.74) is 0.373. The number of ketones is 1. The van der Waals surface area contributed by atoms with Gasteiger partial charge in [0.1, 0.15) is 5.75 Å². The van der Waals surface area contributed by atoms with Gasteiger partial charge in [-0.1, -0.05) is 27.5 Å². The van der Waals surface area contributed by atoms with Crippen LogP contribution in [-0.4, -0.2) is 19.5 Å². The van der Waals surface area contributed by atoms with Crippen molar-refractivity contribution in [2.75, 3.05) is 13.7 Å². The molecule has 0 unspecified atom stereocenters. The Kier molecular flexibility index (Phi) is 5.20. The average molecular weight is 374 g/mol. The van der Waals surface area contributed by atoms with E-state index in [1.165, 1.54) is 25.3 Å². The average Bonchev–Trinajstić information content (AvgIpc) is 2.46. The Morgan fingerprint density at radius 2 is 1.95 bits per heavy atom. The molecule has 0 aliphatic heterocycles. The van der Waals surface area contributed by atoms with Crippen LogP contribution in [0.15, 0.2) is 40.9 Å². The molecule has 2 aromatic carbocycles. The maximum Gasteiger partial charge on any atom is 0.200 e. The number of ether oxygens (including phenoxy) is 2.